The van der Waals surface area contributed by atoms with Crippen LogP contribution in [0.1, 0.15) is 35.8 Å². The van der Waals surface area contributed by atoms with E-state index in [9.17, 15) is 4.79 Å². The van der Waals surface area contributed by atoms with E-state index >= 15 is 0 Å². The lowest BCUT2D eigenvalue weighted by molar-refractivity contribution is -0.119. The Labute approximate surface area is 156 Å². The number of furan rings is 1. The monoisotopic (exact) mass is 368 g/mol. The van der Waals surface area contributed by atoms with Gasteiger partial charge in [-0.2, -0.15) is 0 Å². The molecule has 1 N–H and O–H groups in total. The number of hydrogen-bond acceptors (Lipinski definition) is 5. The van der Waals surface area contributed by atoms with Gasteiger partial charge in [-0.25, -0.2) is 0 Å². The highest BCUT2D eigenvalue weighted by Gasteiger charge is 2.21. The van der Waals surface area contributed by atoms with Crippen LogP contribution in [0, 0.1) is 0 Å². The lowest BCUT2D eigenvalue weighted by Crippen LogP contribution is -2.32. The van der Waals surface area contributed by atoms with Crippen LogP contribution >= 0.6 is 11.8 Å². The average molecular weight is 368 g/mol. The highest BCUT2D eigenvalue weighted by molar-refractivity contribution is 7.99. The van der Waals surface area contributed by atoms with Gasteiger partial charge in [0.1, 0.15) is 12.1 Å². The van der Waals surface area contributed by atoms with Gasteiger partial charge in [-0.3, -0.25) is 4.79 Å². The molecule has 3 aromatic rings. The van der Waals surface area contributed by atoms with Crippen molar-refractivity contribution >= 4 is 17.7 Å². The predicted molar refractivity (Wildman–Crippen MR) is 98.8 cm³/mol. The molecule has 1 aliphatic rings. The van der Waals surface area contributed by atoms with Crippen molar-refractivity contribution in [1.29, 1.82) is 0 Å². The van der Waals surface area contributed by atoms with Crippen molar-refractivity contribution < 1.29 is 9.21 Å². The van der Waals surface area contributed by atoms with Gasteiger partial charge in [0.05, 0.1) is 24.6 Å². The molecule has 134 valence electrons. The third kappa shape index (κ3) is 3.83. The predicted octanol–water partition coefficient (Wildman–Crippen LogP) is 3.21. The van der Waals surface area contributed by atoms with Crippen molar-refractivity contribution in [3.63, 3.8) is 0 Å². The summed E-state index contributed by atoms with van der Waals surface area (Å²) in [5, 5.41) is 11.9. The zero-order valence-corrected chi connectivity index (χ0v) is 15.1. The van der Waals surface area contributed by atoms with Crippen molar-refractivity contribution in [2.45, 2.75) is 37.0 Å². The fraction of sp³-hybridized carbons (Fsp3) is 0.316. The van der Waals surface area contributed by atoms with Crippen LogP contribution in [0.25, 0.3) is 0 Å². The highest BCUT2D eigenvalue weighted by Crippen LogP contribution is 2.29. The minimum Gasteiger partial charge on any atom is -0.467 e. The number of aryl methyl sites for hydroxylation is 1. The minimum absolute atomic E-state index is 0.0178. The number of fused-ring (bicyclic) bond motifs is 1. The van der Waals surface area contributed by atoms with E-state index in [1.165, 1.54) is 22.9 Å². The summed E-state index contributed by atoms with van der Waals surface area (Å²) >= 11 is 1.39. The van der Waals surface area contributed by atoms with Crippen molar-refractivity contribution in [3.05, 3.63) is 65.9 Å². The molecule has 0 saturated heterocycles. The largest absolute Gasteiger partial charge is 0.467 e. The number of aromatic nitrogens is 3. The molecule has 1 atom stereocenters. The summed E-state index contributed by atoms with van der Waals surface area (Å²) in [5.74, 6) is 1.16. The Morgan fingerprint density at radius 1 is 1.31 bits per heavy atom. The van der Waals surface area contributed by atoms with Crippen LogP contribution in [0.3, 0.4) is 0 Å². The van der Waals surface area contributed by atoms with Gasteiger partial charge in [-0.15, -0.1) is 10.2 Å². The molecule has 1 amide bonds. The Morgan fingerprint density at radius 3 is 3.12 bits per heavy atom. The molecular weight excluding hydrogens is 348 g/mol. The number of amides is 1. The number of hydrogen-bond donors (Lipinski definition) is 1. The van der Waals surface area contributed by atoms with E-state index in [2.05, 4.69) is 33.7 Å². The van der Waals surface area contributed by atoms with Gasteiger partial charge in [0.25, 0.3) is 0 Å². The number of benzene rings is 1. The van der Waals surface area contributed by atoms with Gasteiger partial charge in [0.15, 0.2) is 5.16 Å². The molecule has 0 aliphatic heterocycles. The second-order valence-corrected chi connectivity index (χ2v) is 7.26. The van der Waals surface area contributed by atoms with Crippen LogP contribution in [-0.2, 0) is 17.8 Å². The third-order valence-corrected chi connectivity index (χ3v) is 5.50. The van der Waals surface area contributed by atoms with Gasteiger partial charge >= 0.3 is 0 Å². The van der Waals surface area contributed by atoms with Crippen molar-refractivity contribution in [1.82, 2.24) is 20.1 Å². The molecule has 0 radical (unpaired) electrons. The summed E-state index contributed by atoms with van der Waals surface area (Å²) < 4.78 is 7.24. The quantitative estimate of drug-likeness (QED) is 0.677. The van der Waals surface area contributed by atoms with Crippen LogP contribution in [-0.4, -0.2) is 26.4 Å². The lowest BCUT2D eigenvalue weighted by Gasteiger charge is -2.26. The van der Waals surface area contributed by atoms with Crippen LogP contribution in [0.2, 0.25) is 0 Å². The van der Waals surface area contributed by atoms with Gasteiger partial charge < -0.3 is 14.3 Å². The van der Waals surface area contributed by atoms with Crippen LogP contribution in [0.5, 0.6) is 0 Å². The normalized spacial score (nSPS) is 16.2. The van der Waals surface area contributed by atoms with Gasteiger partial charge in [0, 0.05) is 0 Å². The standard InChI is InChI=1S/C19H20N4O2S/c24-18(21-17-9-3-6-14-5-1-2-8-16(14)17)12-26-19-22-20-13-23(19)11-15-7-4-10-25-15/h1-2,4-5,7-8,10,13,17H,3,6,9,11-12H2,(H,21,24)/t17-/m1/s1. The summed E-state index contributed by atoms with van der Waals surface area (Å²) in [5.41, 5.74) is 2.59. The van der Waals surface area contributed by atoms with E-state index in [1.807, 2.05) is 22.8 Å². The first-order valence-corrected chi connectivity index (χ1v) is 9.68. The SMILES string of the molecule is O=C(CSc1nncn1Cc1ccco1)N[C@@H]1CCCc2ccccc21. The van der Waals surface area contributed by atoms with Crippen LogP contribution in [0.4, 0.5) is 0 Å². The zero-order valence-electron chi connectivity index (χ0n) is 14.3. The van der Waals surface area contributed by atoms with E-state index in [1.54, 1.807) is 12.6 Å². The van der Waals surface area contributed by atoms with Crippen LogP contribution in [0.15, 0.2) is 58.6 Å². The Bertz CT molecular complexity index is 875. The summed E-state index contributed by atoms with van der Waals surface area (Å²) in [6.45, 7) is 0.556. The van der Waals surface area contributed by atoms with E-state index in [0.29, 0.717) is 17.5 Å². The summed E-state index contributed by atoms with van der Waals surface area (Å²) in [7, 11) is 0. The number of nitrogens with one attached hydrogen (secondary N) is 1. The maximum Gasteiger partial charge on any atom is 0.230 e. The average Bonchev–Trinajstić information content (AvgIpc) is 3.33. The molecule has 6 nitrogen and oxygen atoms in total. The highest BCUT2D eigenvalue weighted by atomic mass is 32.2. The summed E-state index contributed by atoms with van der Waals surface area (Å²) in [6.07, 6.45) is 6.48. The summed E-state index contributed by atoms with van der Waals surface area (Å²) in [6, 6.07) is 12.2. The molecule has 0 unspecified atom stereocenters. The van der Waals surface area contributed by atoms with E-state index in [4.69, 9.17) is 4.42 Å². The maximum atomic E-state index is 12.4. The lowest BCUT2D eigenvalue weighted by atomic mass is 9.88. The number of nitrogens with zero attached hydrogens (tertiary/aromatic N) is 3. The second-order valence-electron chi connectivity index (χ2n) is 6.32. The molecular formula is C19H20N4O2S. The zero-order chi connectivity index (χ0) is 17.8. The third-order valence-electron chi connectivity index (χ3n) is 4.52. The first-order valence-electron chi connectivity index (χ1n) is 8.70. The molecule has 0 saturated carbocycles. The van der Waals surface area contributed by atoms with Crippen molar-refractivity contribution in [2.75, 3.05) is 5.75 Å². The minimum atomic E-state index is 0.0178. The number of thioether (sulfide) groups is 1. The molecule has 4 rings (SSSR count). The number of carbonyl (C=O) groups is 1. The molecule has 2 aromatic heterocycles. The Kier molecular flexibility index (Phi) is 5.06. The van der Waals surface area contributed by atoms with Crippen LogP contribution < -0.4 is 5.32 Å². The van der Waals surface area contributed by atoms with E-state index in [-0.39, 0.29) is 11.9 Å². The molecule has 26 heavy (non-hydrogen) atoms. The summed E-state index contributed by atoms with van der Waals surface area (Å²) in [4.78, 5) is 12.4. The molecule has 2 heterocycles. The van der Waals surface area contributed by atoms with Gasteiger partial charge in [-0.05, 0) is 42.5 Å². The van der Waals surface area contributed by atoms with Crippen molar-refractivity contribution in [3.8, 4) is 0 Å². The first-order chi connectivity index (χ1) is 12.8. The molecule has 0 bridgehead atoms. The second kappa shape index (κ2) is 7.78. The molecule has 1 aromatic carbocycles. The van der Waals surface area contributed by atoms with E-state index in [0.717, 1.165) is 25.0 Å². The fourth-order valence-corrected chi connectivity index (χ4v) is 4.03. The van der Waals surface area contributed by atoms with Gasteiger partial charge in [-0.1, -0.05) is 36.0 Å². The molecule has 7 heteroatoms. The fourth-order valence-electron chi connectivity index (χ4n) is 3.31. The van der Waals surface area contributed by atoms with Crippen molar-refractivity contribution in [2.24, 2.45) is 0 Å². The number of rotatable bonds is 6. The molecule has 0 spiro atoms. The topological polar surface area (TPSA) is 73.0 Å². The Hall–Kier alpha value is -2.54. The van der Waals surface area contributed by atoms with Gasteiger partial charge in [0.2, 0.25) is 5.91 Å². The molecule has 1 aliphatic carbocycles. The molecule has 0 fully saturated rings. The number of carbonyl (C=O) groups excluding carboxylic acids is 1. The Balaban J connectivity index is 1.35. The maximum absolute atomic E-state index is 12.4. The Morgan fingerprint density at radius 2 is 2.23 bits per heavy atom. The van der Waals surface area contributed by atoms with E-state index < -0.39 is 0 Å². The smallest absolute Gasteiger partial charge is 0.230 e. The first kappa shape index (κ1) is 16.9.